The molecule has 0 aliphatic heterocycles. The van der Waals surface area contributed by atoms with Gasteiger partial charge in [-0.1, -0.05) is 22.8 Å². The molecule has 1 amide bonds. The van der Waals surface area contributed by atoms with Gasteiger partial charge in [0.15, 0.2) is 5.82 Å². The van der Waals surface area contributed by atoms with E-state index in [-0.39, 0.29) is 5.89 Å². The molecule has 0 unspecified atom stereocenters. The molecule has 3 rings (SSSR count). The van der Waals surface area contributed by atoms with E-state index >= 15 is 0 Å². The van der Waals surface area contributed by atoms with Gasteiger partial charge >= 0.3 is 11.8 Å². The molecule has 3 aromatic rings. The molecule has 0 saturated carbocycles. The molecule has 3 heterocycles. The van der Waals surface area contributed by atoms with Gasteiger partial charge in [-0.3, -0.25) is 9.48 Å². The number of carbonyl (C=O) groups excluding carboxylic acids is 1. The van der Waals surface area contributed by atoms with Crippen LogP contribution in [-0.2, 0) is 13.1 Å². The Labute approximate surface area is 141 Å². The van der Waals surface area contributed by atoms with Crippen LogP contribution in [0.25, 0.3) is 0 Å². The fourth-order valence-corrected chi connectivity index (χ4v) is 2.81. The van der Waals surface area contributed by atoms with Crippen molar-refractivity contribution in [1.82, 2.24) is 25.2 Å². The minimum Gasteiger partial charge on any atom is -0.343 e. The number of rotatable bonds is 5. The summed E-state index contributed by atoms with van der Waals surface area (Å²) in [5, 5.41) is 13.4. The van der Waals surface area contributed by atoms with E-state index in [0.29, 0.717) is 23.9 Å². The molecule has 0 aromatic carbocycles. The van der Waals surface area contributed by atoms with Gasteiger partial charge in [-0.05, 0) is 25.3 Å². The summed E-state index contributed by atoms with van der Waals surface area (Å²) in [6.07, 6.45) is 0. The molecule has 23 heavy (non-hydrogen) atoms. The Kier molecular flexibility index (Phi) is 4.44. The summed E-state index contributed by atoms with van der Waals surface area (Å²) in [7, 11) is 0. The summed E-state index contributed by atoms with van der Waals surface area (Å²) in [5.41, 5.74) is 1.55. The first-order valence-corrected chi connectivity index (χ1v) is 8.13. The van der Waals surface area contributed by atoms with Crippen molar-refractivity contribution in [2.75, 3.05) is 0 Å². The molecule has 3 aromatic heterocycles. The molecule has 0 aliphatic carbocycles. The van der Waals surface area contributed by atoms with Gasteiger partial charge in [-0.25, -0.2) is 0 Å². The maximum absolute atomic E-state index is 12.0. The van der Waals surface area contributed by atoms with Gasteiger partial charge in [0.25, 0.3) is 0 Å². The highest BCUT2D eigenvalue weighted by atomic mass is 35.5. The van der Waals surface area contributed by atoms with Gasteiger partial charge in [0.1, 0.15) is 6.54 Å². The van der Waals surface area contributed by atoms with E-state index in [9.17, 15) is 4.79 Å². The second-order valence-electron chi connectivity index (χ2n) is 4.92. The van der Waals surface area contributed by atoms with Crippen molar-refractivity contribution in [1.29, 1.82) is 0 Å². The lowest BCUT2D eigenvalue weighted by Gasteiger charge is -1.99. The van der Waals surface area contributed by atoms with Gasteiger partial charge in [0, 0.05) is 4.88 Å². The Bertz CT molecular complexity index is 824. The largest absolute Gasteiger partial charge is 0.343 e. The van der Waals surface area contributed by atoms with Crippen molar-refractivity contribution in [2.45, 2.75) is 26.9 Å². The zero-order valence-corrected chi connectivity index (χ0v) is 14.1. The Morgan fingerprint density at radius 2 is 2.30 bits per heavy atom. The number of aryl methyl sites for hydroxylation is 1. The van der Waals surface area contributed by atoms with Crippen LogP contribution in [0.5, 0.6) is 0 Å². The van der Waals surface area contributed by atoms with E-state index in [4.69, 9.17) is 16.1 Å². The normalized spacial score (nSPS) is 10.9. The van der Waals surface area contributed by atoms with Crippen LogP contribution in [0.4, 0.5) is 0 Å². The monoisotopic (exact) mass is 351 g/mol. The van der Waals surface area contributed by atoms with Crippen LogP contribution in [0.1, 0.15) is 32.8 Å². The maximum Gasteiger partial charge on any atom is 0.316 e. The smallest absolute Gasteiger partial charge is 0.316 e. The summed E-state index contributed by atoms with van der Waals surface area (Å²) in [5.74, 6) is -0.0960. The second-order valence-corrected chi connectivity index (χ2v) is 6.33. The van der Waals surface area contributed by atoms with Gasteiger partial charge in [0.2, 0.25) is 0 Å². The number of thiophene rings is 1. The number of hydrogen-bond acceptors (Lipinski definition) is 6. The number of amides is 1. The lowest BCUT2D eigenvalue weighted by Crippen LogP contribution is -2.22. The van der Waals surface area contributed by atoms with Crippen molar-refractivity contribution in [2.24, 2.45) is 0 Å². The lowest BCUT2D eigenvalue weighted by molar-refractivity contribution is 0.0907. The fourth-order valence-electron chi connectivity index (χ4n) is 2.03. The highest BCUT2D eigenvalue weighted by Gasteiger charge is 2.17. The van der Waals surface area contributed by atoms with Crippen LogP contribution in [0.2, 0.25) is 5.02 Å². The third kappa shape index (κ3) is 3.43. The number of carbonyl (C=O) groups is 1. The third-order valence-corrected chi connectivity index (χ3v) is 4.67. The molecule has 1 N–H and O–H groups in total. The van der Waals surface area contributed by atoms with Gasteiger partial charge in [-0.15, -0.1) is 11.3 Å². The summed E-state index contributed by atoms with van der Waals surface area (Å²) in [6.45, 7) is 4.41. The molecule has 0 atom stereocenters. The van der Waals surface area contributed by atoms with Crippen LogP contribution in [0, 0.1) is 13.8 Å². The number of nitrogens with one attached hydrogen (secondary N) is 1. The number of hydrogen-bond donors (Lipinski definition) is 1. The average molecular weight is 352 g/mol. The molecule has 0 aliphatic rings. The molecular weight excluding hydrogens is 338 g/mol. The molecule has 9 heteroatoms. The molecule has 7 nitrogen and oxygen atoms in total. The molecule has 0 saturated heterocycles. The molecule has 0 spiro atoms. The number of nitrogens with zero attached hydrogens (tertiary/aromatic N) is 4. The van der Waals surface area contributed by atoms with Crippen LogP contribution in [0.3, 0.4) is 0 Å². The molecule has 0 fully saturated rings. The van der Waals surface area contributed by atoms with Gasteiger partial charge in [0.05, 0.1) is 23.0 Å². The Morgan fingerprint density at radius 1 is 1.48 bits per heavy atom. The number of aromatic nitrogens is 4. The van der Waals surface area contributed by atoms with E-state index in [0.717, 1.165) is 16.3 Å². The Morgan fingerprint density at radius 3 is 2.96 bits per heavy atom. The van der Waals surface area contributed by atoms with Crippen molar-refractivity contribution in [3.05, 3.63) is 50.5 Å². The predicted octanol–water partition coefficient (Wildman–Crippen LogP) is 2.58. The Hall–Kier alpha value is -2.19. The highest BCUT2D eigenvalue weighted by Crippen LogP contribution is 2.19. The van der Waals surface area contributed by atoms with Gasteiger partial charge < -0.3 is 9.84 Å². The quantitative estimate of drug-likeness (QED) is 0.763. The fraction of sp³-hybridized carbons (Fsp3) is 0.286. The topological polar surface area (TPSA) is 85.8 Å². The number of halogens is 1. The van der Waals surface area contributed by atoms with Crippen molar-refractivity contribution < 1.29 is 9.32 Å². The zero-order chi connectivity index (χ0) is 16.4. The highest BCUT2D eigenvalue weighted by molar-refractivity contribution is 7.09. The van der Waals surface area contributed by atoms with Crippen molar-refractivity contribution in [3.63, 3.8) is 0 Å². The second kappa shape index (κ2) is 6.51. The first-order valence-electron chi connectivity index (χ1n) is 6.87. The summed E-state index contributed by atoms with van der Waals surface area (Å²) in [6, 6.07) is 3.87. The van der Waals surface area contributed by atoms with Crippen molar-refractivity contribution in [3.8, 4) is 0 Å². The maximum atomic E-state index is 12.0. The first-order chi connectivity index (χ1) is 11.0. The van der Waals surface area contributed by atoms with E-state index in [1.807, 2.05) is 31.4 Å². The molecule has 120 valence electrons. The SMILES string of the molecule is Cc1nn(Cc2noc(C(=O)NCc3cccs3)n2)c(C)c1Cl. The van der Waals surface area contributed by atoms with Crippen LogP contribution >= 0.6 is 22.9 Å². The summed E-state index contributed by atoms with van der Waals surface area (Å²) >= 11 is 7.67. The minimum absolute atomic E-state index is 0.0656. The average Bonchev–Trinajstić information content (AvgIpc) is 3.25. The van der Waals surface area contributed by atoms with E-state index in [1.54, 1.807) is 16.0 Å². The van der Waals surface area contributed by atoms with Crippen LogP contribution < -0.4 is 5.32 Å². The third-order valence-electron chi connectivity index (χ3n) is 3.25. The zero-order valence-electron chi connectivity index (χ0n) is 12.5. The predicted molar refractivity (Wildman–Crippen MR) is 85.6 cm³/mol. The lowest BCUT2D eigenvalue weighted by atomic mass is 10.4. The molecule has 0 bridgehead atoms. The van der Waals surface area contributed by atoms with E-state index in [1.165, 1.54) is 0 Å². The van der Waals surface area contributed by atoms with E-state index < -0.39 is 5.91 Å². The van der Waals surface area contributed by atoms with Gasteiger partial charge in [-0.2, -0.15) is 10.1 Å². The molecular formula is C14H14ClN5O2S. The van der Waals surface area contributed by atoms with Crippen molar-refractivity contribution >= 4 is 28.8 Å². The minimum atomic E-state index is -0.399. The standard InChI is InChI=1S/C14H14ClN5O2S/c1-8-12(15)9(2)20(18-8)7-11-17-14(22-19-11)13(21)16-6-10-4-3-5-23-10/h3-5H,6-7H2,1-2H3,(H,16,21). The summed E-state index contributed by atoms with van der Waals surface area (Å²) in [4.78, 5) is 17.1. The first kappa shape index (κ1) is 15.7. The summed E-state index contributed by atoms with van der Waals surface area (Å²) < 4.78 is 6.68. The Balaban J connectivity index is 1.65. The molecule has 0 radical (unpaired) electrons. The van der Waals surface area contributed by atoms with E-state index in [2.05, 4.69) is 20.6 Å². The van der Waals surface area contributed by atoms with Crippen LogP contribution in [-0.4, -0.2) is 25.8 Å². The van der Waals surface area contributed by atoms with Crippen LogP contribution in [0.15, 0.2) is 22.0 Å².